The van der Waals surface area contributed by atoms with Gasteiger partial charge in [-0.05, 0) is 37.7 Å². The molecule has 0 aliphatic heterocycles. The summed E-state index contributed by atoms with van der Waals surface area (Å²) in [5.74, 6) is 1.72. The summed E-state index contributed by atoms with van der Waals surface area (Å²) in [4.78, 5) is 9.24. The molecule has 1 aromatic rings. The molecule has 4 heteroatoms. The normalized spacial score (nSPS) is 26.8. The highest BCUT2D eigenvalue weighted by molar-refractivity contribution is 5.34. The van der Waals surface area contributed by atoms with Gasteiger partial charge in [0.1, 0.15) is 0 Å². The van der Waals surface area contributed by atoms with Crippen molar-refractivity contribution in [2.75, 3.05) is 11.9 Å². The average molecular weight is 276 g/mol. The first-order valence-corrected chi connectivity index (χ1v) is 7.80. The van der Waals surface area contributed by atoms with Gasteiger partial charge in [-0.15, -0.1) is 0 Å². The lowest BCUT2D eigenvalue weighted by Gasteiger charge is -2.42. The van der Waals surface area contributed by atoms with E-state index in [1.807, 2.05) is 6.92 Å². The van der Waals surface area contributed by atoms with Gasteiger partial charge in [0.2, 0.25) is 5.95 Å². The Bertz CT molecular complexity index is 458. The van der Waals surface area contributed by atoms with E-state index >= 15 is 0 Å². The third kappa shape index (κ3) is 3.11. The summed E-state index contributed by atoms with van der Waals surface area (Å²) in [5, 5.41) is 3.58. The maximum absolute atomic E-state index is 6.09. The fraction of sp³-hybridized carbons (Fsp3) is 0.750. The molecule has 1 aliphatic carbocycles. The van der Waals surface area contributed by atoms with Crippen molar-refractivity contribution in [2.45, 2.75) is 64.8 Å². The summed E-state index contributed by atoms with van der Waals surface area (Å²) >= 11 is 0. The largest absolute Gasteiger partial charge is 0.347 e. The van der Waals surface area contributed by atoms with Crippen molar-refractivity contribution < 1.29 is 0 Å². The third-order valence-electron chi connectivity index (χ3n) is 4.64. The Labute approximate surface area is 122 Å². The van der Waals surface area contributed by atoms with E-state index in [-0.39, 0.29) is 5.54 Å². The number of nitrogens with zero attached hydrogens (tertiary/aromatic N) is 2. The van der Waals surface area contributed by atoms with E-state index in [4.69, 9.17) is 5.73 Å². The standard InChI is InChI=1S/C16H28N4/c1-11(2)14-9-13(4)18-15(19-14)20-16(10-17)8-6-5-7-12(16)3/h9,11-12H,5-8,10,17H2,1-4H3,(H,18,19,20). The minimum atomic E-state index is -0.0414. The van der Waals surface area contributed by atoms with Gasteiger partial charge in [-0.1, -0.05) is 33.6 Å². The lowest BCUT2D eigenvalue weighted by atomic mass is 9.73. The maximum Gasteiger partial charge on any atom is 0.223 e. The molecule has 1 aliphatic rings. The van der Waals surface area contributed by atoms with E-state index in [1.54, 1.807) is 0 Å². The van der Waals surface area contributed by atoms with Crippen molar-refractivity contribution in [3.8, 4) is 0 Å². The summed E-state index contributed by atoms with van der Waals surface area (Å²) in [7, 11) is 0. The first-order chi connectivity index (χ1) is 9.47. The molecule has 0 amide bonds. The van der Waals surface area contributed by atoms with E-state index < -0.39 is 0 Å². The smallest absolute Gasteiger partial charge is 0.223 e. The highest BCUT2D eigenvalue weighted by atomic mass is 15.2. The van der Waals surface area contributed by atoms with Crippen molar-refractivity contribution in [3.05, 3.63) is 17.5 Å². The number of nitrogens with two attached hydrogens (primary N) is 1. The van der Waals surface area contributed by atoms with Crippen LogP contribution in [-0.2, 0) is 0 Å². The maximum atomic E-state index is 6.09. The predicted octanol–water partition coefficient (Wildman–Crippen LogP) is 3.23. The van der Waals surface area contributed by atoms with Gasteiger partial charge in [-0.2, -0.15) is 0 Å². The fourth-order valence-electron chi connectivity index (χ4n) is 3.12. The Balaban J connectivity index is 2.27. The Morgan fingerprint density at radius 3 is 2.75 bits per heavy atom. The van der Waals surface area contributed by atoms with E-state index in [0.29, 0.717) is 18.4 Å². The van der Waals surface area contributed by atoms with E-state index in [2.05, 4.69) is 42.1 Å². The van der Waals surface area contributed by atoms with Crippen molar-refractivity contribution in [1.29, 1.82) is 0 Å². The van der Waals surface area contributed by atoms with Crippen LogP contribution in [0.25, 0.3) is 0 Å². The van der Waals surface area contributed by atoms with Crippen molar-refractivity contribution in [3.63, 3.8) is 0 Å². The van der Waals surface area contributed by atoms with Gasteiger partial charge < -0.3 is 11.1 Å². The van der Waals surface area contributed by atoms with Crippen LogP contribution in [0.5, 0.6) is 0 Å². The van der Waals surface area contributed by atoms with Crippen LogP contribution in [0.2, 0.25) is 0 Å². The monoisotopic (exact) mass is 276 g/mol. The fourth-order valence-corrected chi connectivity index (χ4v) is 3.12. The Morgan fingerprint density at radius 1 is 1.40 bits per heavy atom. The molecule has 0 spiro atoms. The van der Waals surface area contributed by atoms with Gasteiger partial charge in [-0.25, -0.2) is 9.97 Å². The zero-order valence-electron chi connectivity index (χ0n) is 13.2. The highest BCUT2D eigenvalue weighted by Gasteiger charge is 2.37. The van der Waals surface area contributed by atoms with Crippen LogP contribution in [0.1, 0.15) is 63.8 Å². The molecule has 0 aromatic carbocycles. The lowest BCUT2D eigenvalue weighted by molar-refractivity contribution is 0.234. The highest BCUT2D eigenvalue weighted by Crippen LogP contribution is 2.35. The van der Waals surface area contributed by atoms with Crippen molar-refractivity contribution >= 4 is 5.95 Å². The van der Waals surface area contributed by atoms with E-state index in [1.165, 1.54) is 19.3 Å². The van der Waals surface area contributed by atoms with Crippen LogP contribution in [0.4, 0.5) is 5.95 Å². The number of hydrogen-bond acceptors (Lipinski definition) is 4. The summed E-state index contributed by atoms with van der Waals surface area (Å²) in [5.41, 5.74) is 8.16. The Kier molecular flexibility index (Phi) is 4.63. The van der Waals surface area contributed by atoms with E-state index in [0.717, 1.165) is 23.8 Å². The number of anilines is 1. The summed E-state index contributed by atoms with van der Waals surface area (Å²) in [6, 6.07) is 2.06. The van der Waals surface area contributed by atoms with Crippen LogP contribution < -0.4 is 11.1 Å². The van der Waals surface area contributed by atoms with Gasteiger partial charge in [-0.3, -0.25) is 0 Å². The SMILES string of the molecule is Cc1cc(C(C)C)nc(NC2(CN)CCCCC2C)n1. The molecule has 2 rings (SSSR count). The second-order valence-electron chi connectivity index (χ2n) is 6.54. The van der Waals surface area contributed by atoms with Gasteiger partial charge in [0, 0.05) is 17.9 Å². The molecule has 1 fully saturated rings. The van der Waals surface area contributed by atoms with Crippen LogP contribution in [0.3, 0.4) is 0 Å². The summed E-state index contributed by atoms with van der Waals surface area (Å²) < 4.78 is 0. The second kappa shape index (κ2) is 6.08. The minimum Gasteiger partial charge on any atom is -0.347 e. The van der Waals surface area contributed by atoms with Crippen LogP contribution in [0, 0.1) is 12.8 Å². The molecule has 0 saturated heterocycles. The molecule has 20 heavy (non-hydrogen) atoms. The first-order valence-electron chi connectivity index (χ1n) is 7.80. The number of hydrogen-bond donors (Lipinski definition) is 2. The van der Waals surface area contributed by atoms with Gasteiger partial charge >= 0.3 is 0 Å². The minimum absolute atomic E-state index is 0.0414. The zero-order chi connectivity index (χ0) is 14.8. The quantitative estimate of drug-likeness (QED) is 0.886. The third-order valence-corrected chi connectivity index (χ3v) is 4.64. The molecule has 112 valence electrons. The number of rotatable bonds is 4. The van der Waals surface area contributed by atoms with Crippen LogP contribution in [-0.4, -0.2) is 22.1 Å². The van der Waals surface area contributed by atoms with Crippen molar-refractivity contribution in [1.82, 2.24) is 9.97 Å². The summed E-state index contributed by atoms with van der Waals surface area (Å²) in [6.07, 6.45) is 4.87. The molecular formula is C16H28N4. The molecule has 1 aromatic heterocycles. The Hall–Kier alpha value is -1.16. The molecule has 0 radical (unpaired) electrons. The molecular weight excluding hydrogens is 248 g/mol. The number of aromatic nitrogens is 2. The van der Waals surface area contributed by atoms with Gasteiger partial charge in [0.05, 0.1) is 5.54 Å². The van der Waals surface area contributed by atoms with Crippen LogP contribution in [0.15, 0.2) is 6.07 Å². The molecule has 4 nitrogen and oxygen atoms in total. The summed E-state index contributed by atoms with van der Waals surface area (Å²) in [6.45, 7) is 9.28. The molecule has 0 bridgehead atoms. The first kappa shape index (κ1) is 15.2. The van der Waals surface area contributed by atoms with Gasteiger partial charge in [0.25, 0.3) is 0 Å². The molecule has 2 unspecified atom stereocenters. The number of nitrogens with one attached hydrogen (secondary N) is 1. The van der Waals surface area contributed by atoms with E-state index in [9.17, 15) is 0 Å². The molecule has 1 heterocycles. The number of aryl methyl sites for hydroxylation is 1. The Morgan fingerprint density at radius 2 is 2.15 bits per heavy atom. The predicted molar refractivity (Wildman–Crippen MR) is 83.9 cm³/mol. The van der Waals surface area contributed by atoms with Crippen molar-refractivity contribution in [2.24, 2.45) is 11.7 Å². The average Bonchev–Trinajstić information content (AvgIpc) is 2.41. The molecule has 1 saturated carbocycles. The molecule has 3 N–H and O–H groups in total. The molecule has 2 atom stereocenters. The second-order valence-corrected chi connectivity index (χ2v) is 6.54. The van der Waals surface area contributed by atoms with Gasteiger partial charge in [0.15, 0.2) is 0 Å². The van der Waals surface area contributed by atoms with Crippen LogP contribution >= 0.6 is 0 Å². The zero-order valence-corrected chi connectivity index (χ0v) is 13.2. The lowest BCUT2D eigenvalue weighted by Crippen LogP contribution is -2.52. The topological polar surface area (TPSA) is 63.8 Å².